The molecule has 10 nitrogen and oxygen atoms in total. The summed E-state index contributed by atoms with van der Waals surface area (Å²) < 4.78 is 8.81. The van der Waals surface area contributed by atoms with E-state index >= 15 is 0 Å². The molecule has 1 aromatic carbocycles. The van der Waals surface area contributed by atoms with E-state index in [0.29, 0.717) is 34.3 Å². The summed E-state index contributed by atoms with van der Waals surface area (Å²) in [5.41, 5.74) is 2.92. The van der Waals surface area contributed by atoms with Crippen LogP contribution in [0, 0.1) is 0 Å². The Balaban J connectivity index is 1.49. The number of rotatable bonds is 5. The van der Waals surface area contributed by atoms with E-state index in [-0.39, 0.29) is 5.91 Å². The topological polar surface area (TPSA) is 102 Å². The molecule has 4 heterocycles. The number of aromatic nitrogens is 5. The first-order valence-electron chi connectivity index (χ1n) is 10.5. The molecule has 0 bridgehead atoms. The minimum Gasteiger partial charge on any atom is -0.479 e. The number of anilines is 2. The van der Waals surface area contributed by atoms with Crippen molar-refractivity contribution in [2.75, 3.05) is 37.5 Å². The van der Waals surface area contributed by atoms with E-state index in [1.54, 1.807) is 15.4 Å². The Morgan fingerprint density at radius 2 is 1.94 bits per heavy atom. The number of nitrogens with one attached hydrogen (secondary N) is 2. The molecule has 3 aromatic heterocycles. The molecule has 166 valence electrons. The number of carbonyl (C=O) groups excluding carboxylic acids is 1. The highest BCUT2D eigenvalue weighted by atomic mass is 16.5. The van der Waals surface area contributed by atoms with Crippen LogP contribution in [0.25, 0.3) is 21.8 Å². The van der Waals surface area contributed by atoms with Gasteiger partial charge in [0.15, 0.2) is 5.52 Å². The average molecular weight is 435 g/mol. The Bertz CT molecular complexity index is 1320. The van der Waals surface area contributed by atoms with Gasteiger partial charge in [-0.2, -0.15) is 15.2 Å². The third-order valence-electron chi connectivity index (χ3n) is 5.96. The molecule has 4 aromatic rings. The monoisotopic (exact) mass is 434 g/mol. The van der Waals surface area contributed by atoms with Gasteiger partial charge in [-0.15, -0.1) is 0 Å². The second-order valence-electron chi connectivity index (χ2n) is 8.13. The van der Waals surface area contributed by atoms with E-state index in [1.165, 1.54) is 7.11 Å². The van der Waals surface area contributed by atoms with Crippen LogP contribution in [-0.2, 0) is 14.1 Å². The molecule has 2 N–H and O–H groups in total. The molecule has 0 unspecified atom stereocenters. The lowest BCUT2D eigenvalue weighted by atomic mass is 10.1. The number of pyridine rings is 1. The fraction of sp³-hybridized carbons (Fsp3) is 0.364. The molecule has 0 radical (unpaired) electrons. The van der Waals surface area contributed by atoms with Crippen molar-refractivity contribution in [2.45, 2.75) is 12.5 Å². The van der Waals surface area contributed by atoms with Gasteiger partial charge in [0, 0.05) is 62.1 Å². The lowest BCUT2D eigenvalue weighted by Gasteiger charge is -2.20. The number of nitrogens with zero attached hydrogens (tertiary/aromatic N) is 6. The molecule has 32 heavy (non-hydrogen) atoms. The highest BCUT2D eigenvalue weighted by molar-refractivity contribution is 6.14. The first-order chi connectivity index (χ1) is 15.5. The molecule has 5 rings (SSSR count). The molecule has 1 saturated heterocycles. The Hall–Kier alpha value is -3.66. The van der Waals surface area contributed by atoms with Gasteiger partial charge in [-0.05, 0) is 31.7 Å². The van der Waals surface area contributed by atoms with Gasteiger partial charge in [-0.3, -0.25) is 14.2 Å². The SMILES string of the molecule is CN[C@H]1CCN(c2ccc(C(=O)Nc3cc4cn(C)nc4c(OC)n3)c3nn(C)cc23)C1. The lowest BCUT2D eigenvalue weighted by molar-refractivity contribution is 0.102. The normalized spacial score (nSPS) is 16.2. The van der Waals surface area contributed by atoms with Gasteiger partial charge >= 0.3 is 0 Å². The van der Waals surface area contributed by atoms with E-state index < -0.39 is 0 Å². The van der Waals surface area contributed by atoms with Gasteiger partial charge in [-0.25, -0.2) is 0 Å². The summed E-state index contributed by atoms with van der Waals surface area (Å²) in [6.45, 7) is 1.90. The Morgan fingerprint density at radius 3 is 2.69 bits per heavy atom. The molecule has 10 heteroatoms. The summed E-state index contributed by atoms with van der Waals surface area (Å²) in [5, 5.41) is 17.0. The van der Waals surface area contributed by atoms with Crippen molar-refractivity contribution in [3.8, 4) is 5.88 Å². The number of fused-ring (bicyclic) bond motifs is 2. The lowest BCUT2D eigenvalue weighted by Crippen LogP contribution is -2.29. The third-order valence-corrected chi connectivity index (χ3v) is 5.96. The van der Waals surface area contributed by atoms with Crippen molar-refractivity contribution in [1.82, 2.24) is 29.9 Å². The minimum atomic E-state index is -0.271. The van der Waals surface area contributed by atoms with Gasteiger partial charge < -0.3 is 20.3 Å². The highest BCUT2D eigenvalue weighted by Crippen LogP contribution is 2.32. The van der Waals surface area contributed by atoms with Gasteiger partial charge in [0.2, 0.25) is 5.88 Å². The highest BCUT2D eigenvalue weighted by Gasteiger charge is 2.25. The summed E-state index contributed by atoms with van der Waals surface area (Å²) in [5.74, 6) is 0.495. The quantitative estimate of drug-likeness (QED) is 0.495. The third kappa shape index (κ3) is 3.42. The second kappa shape index (κ2) is 7.79. The Kier molecular flexibility index (Phi) is 4.93. The van der Waals surface area contributed by atoms with E-state index in [2.05, 4.69) is 30.7 Å². The molecular formula is C22H26N8O2. The van der Waals surface area contributed by atoms with E-state index in [9.17, 15) is 4.79 Å². The van der Waals surface area contributed by atoms with Crippen molar-refractivity contribution < 1.29 is 9.53 Å². The smallest absolute Gasteiger partial charge is 0.259 e. The van der Waals surface area contributed by atoms with Crippen LogP contribution in [0.3, 0.4) is 0 Å². The number of ether oxygens (including phenoxy) is 1. The molecule has 1 aliphatic heterocycles. The van der Waals surface area contributed by atoms with Crippen molar-refractivity contribution in [3.63, 3.8) is 0 Å². The van der Waals surface area contributed by atoms with Crippen molar-refractivity contribution in [2.24, 2.45) is 14.1 Å². The van der Waals surface area contributed by atoms with Gasteiger partial charge in [-0.1, -0.05) is 0 Å². The molecule has 1 amide bonds. The fourth-order valence-corrected chi connectivity index (χ4v) is 4.39. The molecule has 1 fully saturated rings. The summed E-state index contributed by atoms with van der Waals surface area (Å²) in [4.78, 5) is 20.0. The molecular weight excluding hydrogens is 408 g/mol. The van der Waals surface area contributed by atoms with Crippen LogP contribution in [0.2, 0.25) is 0 Å². The number of amides is 1. The zero-order valence-corrected chi connectivity index (χ0v) is 18.6. The Morgan fingerprint density at radius 1 is 1.16 bits per heavy atom. The van der Waals surface area contributed by atoms with Crippen LogP contribution >= 0.6 is 0 Å². The van der Waals surface area contributed by atoms with E-state index in [4.69, 9.17) is 4.74 Å². The summed E-state index contributed by atoms with van der Waals surface area (Å²) in [6.07, 6.45) is 4.91. The Labute approximate surface area is 185 Å². The number of aryl methyl sites for hydroxylation is 2. The van der Waals surface area contributed by atoms with Gasteiger partial charge in [0.25, 0.3) is 5.91 Å². The van der Waals surface area contributed by atoms with Crippen LogP contribution in [-0.4, -0.2) is 63.7 Å². The summed E-state index contributed by atoms with van der Waals surface area (Å²) >= 11 is 0. The van der Waals surface area contributed by atoms with Gasteiger partial charge in [0.05, 0.1) is 12.7 Å². The number of benzene rings is 1. The van der Waals surface area contributed by atoms with E-state index in [1.807, 2.05) is 45.7 Å². The van der Waals surface area contributed by atoms with E-state index in [0.717, 1.165) is 36.0 Å². The van der Waals surface area contributed by atoms with Crippen LogP contribution in [0.15, 0.2) is 30.6 Å². The zero-order valence-electron chi connectivity index (χ0n) is 18.6. The maximum absolute atomic E-state index is 13.2. The standard InChI is InChI=1S/C22H26N8O2/c1-23-14-7-8-30(11-14)17-6-5-15(20-16(17)12-29(3)27-20)21(31)24-18-9-13-10-28(2)26-19(13)22(25-18)32-4/h5-6,9-10,12,14,23H,7-8,11H2,1-4H3,(H,24,31)/t14-/m0/s1. The van der Waals surface area contributed by atoms with Crippen molar-refractivity contribution in [3.05, 3.63) is 36.2 Å². The number of carbonyl (C=O) groups is 1. The molecule has 0 spiro atoms. The van der Waals surface area contributed by atoms with Gasteiger partial charge in [0.1, 0.15) is 11.3 Å². The minimum absolute atomic E-state index is 0.271. The first kappa shape index (κ1) is 20.3. The maximum Gasteiger partial charge on any atom is 0.259 e. The number of methoxy groups -OCH3 is 1. The van der Waals surface area contributed by atoms with Crippen LogP contribution in [0.1, 0.15) is 16.8 Å². The maximum atomic E-state index is 13.2. The summed E-state index contributed by atoms with van der Waals surface area (Å²) in [6, 6.07) is 6.10. The second-order valence-corrected chi connectivity index (χ2v) is 8.13. The fourth-order valence-electron chi connectivity index (χ4n) is 4.39. The van der Waals surface area contributed by atoms with Crippen LogP contribution < -0.4 is 20.3 Å². The molecule has 1 aliphatic rings. The molecule has 0 aliphatic carbocycles. The van der Waals surface area contributed by atoms with Crippen LogP contribution in [0.5, 0.6) is 5.88 Å². The molecule has 1 atom stereocenters. The largest absolute Gasteiger partial charge is 0.479 e. The number of likely N-dealkylation sites (N-methyl/N-ethyl adjacent to an activating group) is 1. The predicted molar refractivity (Wildman–Crippen MR) is 123 cm³/mol. The summed E-state index contributed by atoms with van der Waals surface area (Å²) in [7, 11) is 7.23. The zero-order chi connectivity index (χ0) is 22.4. The van der Waals surface area contributed by atoms with Crippen LogP contribution in [0.4, 0.5) is 11.5 Å². The number of hydrogen-bond donors (Lipinski definition) is 2. The first-order valence-corrected chi connectivity index (χ1v) is 10.5. The van der Waals surface area contributed by atoms with Crippen molar-refractivity contribution in [1.29, 1.82) is 0 Å². The predicted octanol–water partition coefficient (Wildman–Crippen LogP) is 1.91. The average Bonchev–Trinajstić information content (AvgIpc) is 3.49. The van der Waals surface area contributed by atoms with Crippen molar-refractivity contribution >= 4 is 39.2 Å². The number of hydrogen-bond acceptors (Lipinski definition) is 7. The molecule has 0 saturated carbocycles.